The summed E-state index contributed by atoms with van der Waals surface area (Å²) in [5.41, 5.74) is 2.01. The molecule has 0 amide bonds. The average molecular weight is 294 g/mol. The summed E-state index contributed by atoms with van der Waals surface area (Å²) in [5.74, 6) is -0.291. The van der Waals surface area contributed by atoms with Crippen molar-refractivity contribution in [2.45, 2.75) is 40.2 Å². The average Bonchev–Trinajstić information content (AvgIpc) is 2.96. The van der Waals surface area contributed by atoms with Crippen molar-refractivity contribution in [1.29, 1.82) is 0 Å². The molecule has 20 heavy (non-hydrogen) atoms. The van der Waals surface area contributed by atoms with Crippen LogP contribution >= 0.6 is 11.3 Å². The minimum Gasteiger partial charge on any atom is -0.461 e. The molecule has 2 heterocycles. The first-order valence-corrected chi connectivity index (χ1v) is 7.42. The van der Waals surface area contributed by atoms with Gasteiger partial charge < -0.3 is 4.74 Å². The number of hydrogen-bond donors (Lipinski definition) is 0. The third-order valence-electron chi connectivity index (χ3n) is 2.77. The van der Waals surface area contributed by atoms with E-state index in [-0.39, 0.29) is 5.92 Å². The maximum atomic E-state index is 11.9. The van der Waals surface area contributed by atoms with E-state index in [9.17, 15) is 4.79 Å². The Morgan fingerprint density at radius 1 is 1.50 bits per heavy atom. The largest absolute Gasteiger partial charge is 0.461 e. The van der Waals surface area contributed by atoms with Gasteiger partial charge in [0.05, 0.1) is 29.5 Å². The van der Waals surface area contributed by atoms with Crippen molar-refractivity contribution < 1.29 is 9.53 Å². The second kappa shape index (κ2) is 6.13. The molecule has 0 unspecified atom stereocenters. The van der Waals surface area contributed by atoms with Crippen molar-refractivity contribution >= 4 is 17.3 Å². The molecular weight excluding hydrogens is 276 g/mol. The van der Waals surface area contributed by atoms with E-state index in [1.165, 1.54) is 0 Å². The molecule has 0 aliphatic rings. The van der Waals surface area contributed by atoms with Gasteiger partial charge in [-0.05, 0) is 19.8 Å². The van der Waals surface area contributed by atoms with Crippen LogP contribution in [0.1, 0.15) is 53.6 Å². The number of hydrogen-bond acceptors (Lipinski definition) is 6. The van der Waals surface area contributed by atoms with Gasteiger partial charge in [-0.2, -0.15) is 0 Å². The fourth-order valence-electron chi connectivity index (χ4n) is 1.99. The van der Waals surface area contributed by atoms with Crippen molar-refractivity contribution in [1.82, 2.24) is 20.0 Å². The molecule has 0 atom stereocenters. The summed E-state index contributed by atoms with van der Waals surface area (Å²) < 4.78 is 6.75. The van der Waals surface area contributed by atoms with Crippen LogP contribution in [-0.2, 0) is 11.3 Å². The van der Waals surface area contributed by atoms with Crippen LogP contribution in [0.2, 0.25) is 0 Å². The number of ether oxygens (including phenoxy) is 1. The van der Waals surface area contributed by atoms with E-state index in [2.05, 4.69) is 15.3 Å². The SMILES string of the molecule is CCOC(=O)c1nnn(Cc2csc(C)n2)c1C(C)C. The predicted octanol–water partition coefficient (Wildman–Crippen LogP) is 2.39. The molecule has 2 aromatic rings. The smallest absolute Gasteiger partial charge is 0.360 e. The topological polar surface area (TPSA) is 69.9 Å². The lowest BCUT2D eigenvalue weighted by Crippen LogP contribution is -2.13. The molecule has 0 fully saturated rings. The third kappa shape index (κ3) is 3.04. The lowest BCUT2D eigenvalue weighted by atomic mass is 10.1. The second-order valence-corrected chi connectivity index (χ2v) is 5.78. The standard InChI is InChI=1S/C13H18N4O2S/c1-5-19-13(18)11-12(8(2)3)17(16-15-11)6-10-7-20-9(4)14-10/h7-8H,5-6H2,1-4H3. The predicted molar refractivity (Wildman–Crippen MR) is 76.0 cm³/mol. The molecule has 0 radical (unpaired) electrons. The zero-order valence-corrected chi connectivity index (χ0v) is 12.9. The highest BCUT2D eigenvalue weighted by atomic mass is 32.1. The Hall–Kier alpha value is -1.76. The van der Waals surface area contributed by atoms with Crippen LogP contribution in [0.4, 0.5) is 0 Å². The van der Waals surface area contributed by atoms with E-state index >= 15 is 0 Å². The van der Waals surface area contributed by atoms with Gasteiger partial charge in [-0.1, -0.05) is 19.1 Å². The monoisotopic (exact) mass is 294 g/mol. The van der Waals surface area contributed by atoms with E-state index < -0.39 is 5.97 Å². The van der Waals surface area contributed by atoms with Crippen LogP contribution in [0.5, 0.6) is 0 Å². The quantitative estimate of drug-likeness (QED) is 0.792. The molecule has 0 saturated heterocycles. The highest BCUT2D eigenvalue weighted by Crippen LogP contribution is 2.20. The van der Waals surface area contributed by atoms with Gasteiger partial charge in [-0.15, -0.1) is 16.4 Å². The first kappa shape index (κ1) is 14.6. The van der Waals surface area contributed by atoms with E-state index in [0.717, 1.165) is 16.4 Å². The normalized spacial score (nSPS) is 11.1. The van der Waals surface area contributed by atoms with Crippen molar-refractivity contribution in [3.63, 3.8) is 0 Å². The van der Waals surface area contributed by atoms with E-state index in [0.29, 0.717) is 18.8 Å². The summed E-state index contributed by atoms with van der Waals surface area (Å²) in [6.45, 7) is 8.59. The minimum absolute atomic E-state index is 0.129. The Morgan fingerprint density at radius 2 is 2.25 bits per heavy atom. The summed E-state index contributed by atoms with van der Waals surface area (Å²) >= 11 is 1.59. The molecule has 0 bridgehead atoms. The van der Waals surface area contributed by atoms with Gasteiger partial charge in [-0.3, -0.25) is 0 Å². The van der Waals surface area contributed by atoms with E-state index in [4.69, 9.17) is 4.74 Å². The second-order valence-electron chi connectivity index (χ2n) is 4.71. The van der Waals surface area contributed by atoms with Gasteiger partial charge in [0.1, 0.15) is 0 Å². The molecule has 108 valence electrons. The zero-order valence-electron chi connectivity index (χ0n) is 12.1. The van der Waals surface area contributed by atoms with Gasteiger partial charge in [0.25, 0.3) is 0 Å². The van der Waals surface area contributed by atoms with Gasteiger partial charge in [0.2, 0.25) is 0 Å². The molecule has 0 N–H and O–H groups in total. The molecule has 0 aromatic carbocycles. The number of aromatic nitrogens is 4. The number of rotatable bonds is 5. The maximum absolute atomic E-state index is 11.9. The summed E-state index contributed by atoms with van der Waals surface area (Å²) in [4.78, 5) is 16.3. The Kier molecular flexibility index (Phi) is 4.49. The number of nitrogens with zero attached hydrogens (tertiary/aromatic N) is 4. The Labute approximate surface area is 121 Å². The van der Waals surface area contributed by atoms with Crippen LogP contribution in [0.3, 0.4) is 0 Å². The molecule has 2 rings (SSSR count). The highest BCUT2D eigenvalue weighted by Gasteiger charge is 2.23. The van der Waals surface area contributed by atoms with Crippen molar-refractivity contribution in [3.05, 3.63) is 27.5 Å². The molecule has 0 spiro atoms. The van der Waals surface area contributed by atoms with Gasteiger partial charge in [0.15, 0.2) is 5.69 Å². The number of thiazole rings is 1. The lowest BCUT2D eigenvalue weighted by Gasteiger charge is -2.09. The number of carbonyl (C=O) groups is 1. The molecule has 6 nitrogen and oxygen atoms in total. The lowest BCUT2D eigenvalue weighted by molar-refractivity contribution is 0.0517. The first-order valence-electron chi connectivity index (χ1n) is 6.54. The maximum Gasteiger partial charge on any atom is 0.360 e. The third-order valence-corrected chi connectivity index (χ3v) is 3.59. The summed E-state index contributed by atoms with van der Waals surface area (Å²) in [6.07, 6.45) is 0. The van der Waals surface area contributed by atoms with Crippen LogP contribution in [0, 0.1) is 6.92 Å². The van der Waals surface area contributed by atoms with Crippen LogP contribution in [0.15, 0.2) is 5.38 Å². The minimum atomic E-state index is -0.420. The molecular formula is C13H18N4O2S. The van der Waals surface area contributed by atoms with E-state index in [1.807, 2.05) is 26.2 Å². The summed E-state index contributed by atoms with van der Waals surface area (Å²) in [7, 11) is 0. The summed E-state index contributed by atoms with van der Waals surface area (Å²) in [5, 5.41) is 11.1. The van der Waals surface area contributed by atoms with Gasteiger partial charge >= 0.3 is 5.97 Å². The zero-order chi connectivity index (χ0) is 14.7. The fourth-order valence-corrected chi connectivity index (χ4v) is 2.59. The molecule has 2 aromatic heterocycles. The van der Waals surface area contributed by atoms with E-state index in [1.54, 1.807) is 22.9 Å². The highest BCUT2D eigenvalue weighted by molar-refractivity contribution is 7.09. The Bertz CT molecular complexity index is 603. The molecule has 0 aliphatic carbocycles. The van der Waals surface area contributed by atoms with Crippen molar-refractivity contribution in [2.75, 3.05) is 6.61 Å². The van der Waals surface area contributed by atoms with Gasteiger partial charge in [-0.25, -0.2) is 14.5 Å². The van der Waals surface area contributed by atoms with Crippen LogP contribution < -0.4 is 0 Å². The summed E-state index contributed by atoms with van der Waals surface area (Å²) in [6, 6.07) is 0. The van der Waals surface area contributed by atoms with Crippen LogP contribution in [0.25, 0.3) is 0 Å². The first-order chi connectivity index (χ1) is 9.52. The van der Waals surface area contributed by atoms with Crippen molar-refractivity contribution in [2.24, 2.45) is 0 Å². The number of carbonyl (C=O) groups excluding carboxylic acids is 1. The van der Waals surface area contributed by atoms with Crippen molar-refractivity contribution in [3.8, 4) is 0 Å². The molecule has 7 heteroatoms. The molecule has 0 aliphatic heterocycles. The van der Waals surface area contributed by atoms with Crippen LogP contribution in [-0.4, -0.2) is 32.6 Å². The Morgan fingerprint density at radius 3 is 2.80 bits per heavy atom. The van der Waals surface area contributed by atoms with Gasteiger partial charge in [0, 0.05) is 5.38 Å². The number of aryl methyl sites for hydroxylation is 1. The number of esters is 1. The molecule has 0 saturated carbocycles. The Balaban J connectivity index is 2.31. The fraction of sp³-hybridized carbons (Fsp3) is 0.538.